The molecule has 0 aliphatic carbocycles. The number of para-hydroxylation sites is 2. The van der Waals surface area contributed by atoms with E-state index in [0.717, 1.165) is 34.2 Å². The molecule has 0 saturated carbocycles. The third kappa shape index (κ3) is 4.91. The normalized spacial score (nSPS) is 10.9. The number of methoxy groups -OCH3 is 1. The highest BCUT2D eigenvalue weighted by Gasteiger charge is 2.14. The average molecular weight is 432 g/mol. The SMILES string of the molecule is COc1ccc(NC(=O)CSc2nc3ccccc3n2Cc2cc(C)ccc2C)cc1. The number of nitrogens with one attached hydrogen (secondary N) is 1. The fourth-order valence-corrected chi connectivity index (χ4v) is 4.27. The van der Waals surface area contributed by atoms with Crippen molar-refractivity contribution >= 4 is 34.4 Å². The van der Waals surface area contributed by atoms with Crippen molar-refractivity contribution < 1.29 is 9.53 Å². The Bertz CT molecular complexity index is 1220. The Morgan fingerprint density at radius 2 is 1.84 bits per heavy atom. The Morgan fingerprint density at radius 3 is 2.61 bits per heavy atom. The van der Waals surface area contributed by atoms with Crippen molar-refractivity contribution in [3.05, 3.63) is 83.4 Å². The molecular formula is C25H25N3O2S. The van der Waals surface area contributed by atoms with Crippen LogP contribution in [0.3, 0.4) is 0 Å². The van der Waals surface area contributed by atoms with Crippen LogP contribution in [-0.2, 0) is 11.3 Å². The number of thioether (sulfide) groups is 1. The van der Waals surface area contributed by atoms with E-state index in [1.165, 1.54) is 28.5 Å². The number of nitrogens with zero attached hydrogens (tertiary/aromatic N) is 2. The summed E-state index contributed by atoms with van der Waals surface area (Å²) in [7, 11) is 1.62. The van der Waals surface area contributed by atoms with Crippen molar-refractivity contribution in [2.45, 2.75) is 25.5 Å². The largest absolute Gasteiger partial charge is 0.497 e. The smallest absolute Gasteiger partial charge is 0.234 e. The van der Waals surface area contributed by atoms with Crippen LogP contribution >= 0.6 is 11.8 Å². The average Bonchev–Trinajstić information content (AvgIpc) is 3.13. The number of imidazole rings is 1. The molecule has 0 unspecified atom stereocenters. The first kappa shape index (κ1) is 21.0. The molecule has 0 saturated heterocycles. The minimum absolute atomic E-state index is 0.0690. The second kappa shape index (κ2) is 9.27. The van der Waals surface area contributed by atoms with Crippen LogP contribution in [0.4, 0.5) is 5.69 Å². The zero-order chi connectivity index (χ0) is 21.8. The highest BCUT2D eigenvalue weighted by Crippen LogP contribution is 2.26. The van der Waals surface area contributed by atoms with E-state index in [9.17, 15) is 4.79 Å². The molecule has 1 aromatic heterocycles. The van der Waals surface area contributed by atoms with Gasteiger partial charge >= 0.3 is 0 Å². The molecule has 1 amide bonds. The number of ether oxygens (including phenoxy) is 1. The topological polar surface area (TPSA) is 56.1 Å². The lowest BCUT2D eigenvalue weighted by Crippen LogP contribution is -2.14. The first-order valence-electron chi connectivity index (χ1n) is 10.1. The molecule has 0 radical (unpaired) electrons. The molecule has 1 N–H and O–H groups in total. The van der Waals surface area contributed by atoms with E-state index >= 15 is 0 Å². The predicted octanol–water partition coefficient (Wildman–Crippen LogP) is 5.44. The van der Waals surface area contributed by atoms with Crippen molar-refractivity contribution in [2.75, 3.05) is 18.2 Å². The second-order valence-corrected chi connectivity index (χ2v) is 8.41. The molecular weight excluding hydrogens is 406 g/mol. The van der Waals surface area contributed by atoms with E-state index in [1.54, 1.807) is 7.11 Å². The third-order valence-electron chi connectivity index (χ3n) is 5.16. The predicted molar refractivity (Wildman–Crippen MR) is 127 cm³/mol. The van der Waals surface area contributed by atoms with Gasteiger partial charge in [0, 0.05) is 5.69 Å². The van der Waals surface area contributed by atoms with Gasteiger partial charge in [-0.25, -0.2) is 4.98 Å². The van der Waals surface area contributed by atoms with Crippen LogP contribution in [0.5, 0.6) is 5.75 Å². The van der Waals surface area contributed by atoms with Crippen molar-refractivity contribution in [1.82, 2.24) is 9.55 Å². The van der Waals surface area contributed by atoms with Crippen LogP contribution in [0.1, 0.15) is 16.7 Å². The van der Waals surface area contributed by atoms with Crippen LogP contribution in [0, 0.1) is 13.8 Å². The highest BCUT2D eigenvalue weighted by atomic mass is 32.2. The van der Waals surface area contributed by atoms with E-state index in [2.05, 4.69) is 48.0 Å². The number of aromatic nitrogens is 2. The standard InChI is InChI=1S/C25H25N3O2S/c1-17-8-9-18(2)19(14-17)15-28-23-7-5-4-6-22(23)27-25(28)31-16-24(29)26-20-10-12-21(30-3)13-11-20/h4-14H,15-16H2,1-3H3,(H,26,29). The number of carbonyl (C=O) groups excluding carboxylic acids is 1. The van der Waals surface area contributed by atoms with E-state index < -0.39 is 0 Å². The quantitative estimate of drug-likeness (QED) is 0.396. The number of hydrogen-bond donors (Lipinski definition) is 1. The van der Waals surface area contributed by atoms with E-state index in [-0.39, 0.29) is 11.7 Å². The Morgan fingerprint density at radius 1 is 1.06 bits per heavy atom. The Labute approximate surface area is 186 Å². The summed E-state index contributed by atoms with van der Waals surface area (Å²) in [5.74, 6) is 0.968. The first-order chi connectivity index (χ1) is 15.0. The molecule has 0 fully saturated rings. The number of hydrogen-bond acceptors (Lipinski definition) is 4. The summed E-state index contributed by atoms with van der Waals surface area (Å²) in [6, 6.07) is 21.9. The molecule has 0 atom stereocenters. The number of benzene rings is 3. The van der Waals surface area contributed by atoms with Gasteiger partial charge in [0.2, 0.25) is 5.91 Å². The molecule has 5 nitrogen and oxygen atoms in total. The molecule has 3 aromatic carbocycles. The molecule has 4 aromatic rings. The summed E-state index contributed by atoms with van der Waals surface area (Å²) in [6.07, 6.45) is 0. The van der Waals surface area contributed by atoms with Crippen molar-refractivity contribution in [3.8, 4) is 5.75 Å². The second-order valence-electron chi connectivity index (χ2n) is 7.46. The van der Waals surface area contributed by atoms with Crippen LogP contribution < -0.4 is 10.1 Å². The maximum absolute atomic E-state index is 12.5. The van der Waals surface area contributed by atoms with E-state index in [1.807, 2.05) is 42.5 Å². The Kier molecular flexibility index (Phi) is 6.28. The zero-order valence-corrected chi connectivity index (χ0v) is 18.7. The van der Waals surface area contributed by atoms with Gasteiger partial charge in [0.25, 0.3) is 0 Å². The number of fused-ring (bicyclic) bond motifs is 1. The number of aryl methyl sites for hydroxylation is 2. The van der Waals surface area contributed by atoms with Crippen LogP contribution in [0.25, 0.3) is 11.0 Å². The summed E-state index contributed by atoms with van der Waals surface area (Å²) < 4.78 is 7.36. The maximum Gasteiger partial charge on any atom is 0.234 e. The Balaban J connectivity index is 1.53. The van der Waals surface area contributed by atoms with Gasteiger partial charge in [-0.15, -0.1) is 0 Å². The molecule has 6 heteroatoms. The van der Waals surface area contributed by atoms with E-state index in [0.29, 0.717) is 0 Å². The van der Waals surface area contributed by atoms with Gasteiger partial charge in [-0.1, -0.05) is 47.7 Å². The number of amides is 1. The van der Waals surface area contributed by atoms with Crippen molar-refractivity contribution in [2.24, 2.45) is 0 Å². The lowest BCUT2D eigenvalue weighted by atomic mass is 10.1. The number of anilines is 1. The summed E-state index contributed by atoms with van der Waals surface area (Å²) in [5, 5.41) is 3.77. The molecule has 0 spiro atoms. The monoisotopic (exact) mass is 431 g/mol. The van der Waals surface area contributed by atoms with Gasteiger partial charge in [0.1, 0.15) is 5.75 Å². The molecule has 0 aliphatic heterocycles. The van der Waals surface area contributed by atoms with Crippen LogP contribution in [0.15, 0.2) is 71.9 Å². The summed E-state index contributed by atoms with van der Waals surface area (Å²) in [6.45, 7) is 4.95. The van der Waals surface area contributed by atoms with Gasteiger partial charge in [-0.2, -0.15) is 0 Å². The van der Waals surface area contributed by atoms with Gasteiger partial charge in [-0.3, -0.25) is 4.79 Å². The minimum Gasteiger partial charge on any atom is -0.497 e. The summed E-state index contributed by atoms with van der Waals surface area (Å²) >= 11 is 1.45. The number of carbonyl (C=O) groups is 1. The third-order valence-corrected chi connectivity index (χ3v) is 6.14. The maximum atomic E-state index is 12.5. The van der Waals surface area contributed by atoms with Gasteiger partial charge in [0.15, 0.2) is 5.16 Å². The van der Waals surface area contributed by atoms with Crippen molar-refractivity contribution in [3.63, 3.8) is 0 Å². The molecule has 4 rings (SSSR count). The summed E-state index contributed by atoms with van der Waals surface area (Å²) in [4.78, 5) is 17.3. The lowest BCUT2D eigenvalue weighted by Gasteiger charge is -2.12. The van der Waals surface area contributed by atoms with Gasteiger partial charge < -0.3 is 14.6 Å². The summed E-state index contributed by atoms with van der Waals surface area (Å²) in [5.41, 5.74) is 6.49. The highest BCUT2D eigenvalue weighted by molar-refractivity contribution is 7.99. The van der Waals surface area contributed by atoms with Crippen LogP contribution in [-0.4, -0.2) is 28.3 Å². The fourth-order valence-electron chi connectivity index (χ4n) is 3.46. The lowest BCUT2D eigenvalue weighted by molar-refractivity contribution is -0.113. The minimum atomic E-state index is -0.0690. The van der Waals surface area contributed by atoms with Crippen LogP contribution in [0.2, 0.25) is 0 Å². The fraction of sp³-hybridized carbons (Fsp3) is 0.200. The molecule has 31 heavy (non-hydrogen) atoms. The Hall–Kier alpha value is -3.25. The van der Waals surface area contributed by atoms with E-state index in [4.69, 9.17) is 9.72 Å². The first-order valence-corrected chi connectivity index (χ1v) is 11.1. The zero-order valence-electron chi connectivity index (χ0n) is 17.9. The van der Waals surface area contributed by atoms with Gasteiger partial charge in [0.05, 0.1) is 30.4 Å². The molecule has 158 valence electrons. The van der Waals surface area contributed by atoms with Gasteiger partial charge in [-0.05, 0) is 61.4 Å². The van der Waals surface area contributed by atoms with Crippen molar-refractivity contribution in [1.29, 1.82) is 0 Å². The molecule has 0 aliphatic rings. The molecule has 0 bridgehead atoms. The molecule has 1 heterocycles. The number of rotatable bonds is 7.